The van der Waals surface area contributed by atoms with Crippen molar-refractivity contribution >= 4 is 5.91 Å². The predicted octanol–water partition coefficient (Wildman–Crippen LogP) is 0.680. The van der Waals surface area contributed by atoms with Gasteiger partial charge in [-0.15, -0.1) is 0 Å². The van der Waals surface area contributed by atoms with Crippen LogP contribution in [0.3, 0.4) is 0 Å². The summed E-state index contributed by atoms with van der Waals surface area (Å²) in [6.45, 7) is 7.20. The summed E-state index contributed by atoms with van der Waals surface area (Å²) in [6, 6.07) is 0.894. The van der Waals surface area contributed by atoms with Gasteiger partial charge in [-0.3, -0.25) is 4.79 Å². The molecule has 0 spiro atoms. The molecule has 98 valence electrons. The second-order valence-corrected chi connectivity index (χ2v) is 5.69. The Balaban J connectivity index is 1.94. The van der Waals surface area contributed by atoms with Gasteiger partial charge in [-0.05, 0) is 40.2 Å². The van der Waals surface area contributed by atoms with E-state index in [9.17, 15) is 4.79 Å². The Labute approximate surface area is 104 Å². The average Bonchev–Trinajstić information content (AvgIpc) is 2.28. The fraction of sp³-hybridized carbons (Fsp3) is 0.923. The Bertz CT molecular complexity index is 282. The first-order chi connectivity index (χ1) is 8.08. The molecule has 0 aromatic rings. The topological polar surface area (TPSA) is 35.6 Å². The molecular formula is C13H25N3O. The van der Waals surface area contributed by atoms with Crippen LogP contribution < -0.4 is 5.32 Å². The molecule has 1 N–H and O–H groups in total. The van der Waals surface area contributed by atoms with E-state index in [-0.39, 0.29) is 6.04 Å². The van der Waals surface area contributed by atoms with E-state index in [4.69, 9.17) is 0 Å². The van der Waals surface area contributed by atoms with E-state index in [1.807, 2.05) is 0 Å². The SMILES string of the molecule is CC1CCCC(C(=O)N2CCN(C)CC2C)N1. The van der Waals surface area contributed by atoms with Gasteiger partial charge >= 0.3 is 0 Å². The third-order valence-corrected chi connectivity index (χ3v) is 4.03. The molecule has 0 aromatic carbocycles. The average molecular weight is 239 g/mol. The molecule has 2 aliphatic heterocycles. The van der Waals surface area contributed by atoms with Gasteiger partial charge in [0.25, 0.3) is 0 Å². The van der Waals surface area contributed by atoms with Crippen molar-refractivity contribution in [3.05, 3.63) is 0 Å². The van der Waals surface area contributed by atoms with Gasteiger partial charge in [0.05, 0.1) is 6.04 Å². The molecule has 0 aliphatic carbocycles. The van der Waals surface area contributed by atoms with E-state index >= 15 is 0 Å². The molecule has 0 radical (unpaired) electrons. The van der Waals surface area contributed by atoms with Crippen molar-refractivity contribution in [1.82, 2.24) is 15.1 Å². The highest BCUT2D eigenvalue weighted by Gasteiger charge is 2.32. The molecule has 4 nitrogen and oxygen atoms in total. The van der Waals surface area contributed by atoms with Crippen LogP contribution in [0.2, 0.25) is 0 Å². The number of piperidine rings is 1. The maximum absolute atomic E-state index is 12.5. The summed E-state index contributed by atoms with van der Waals surface area (Å²) in [5, 5.41) is 3.44. The zero-order valence-corrected chi connectivity index (χ0v) is 11.3. The second kappa shape index (κ2) is 5.36. The monoisotopic (exact) mass is 239 g/mol. The number of nitrogens with one attached hydrogen (secondary N) is 1. The van der Waals surface area contributed by atoms with Gasteiger partial charge in [-0.2, -0.15) is 0 Å². The van der Waals surface area contributed by atoms with Gasteiger partial charge in [0, 0.05) is 31.7 Å². The zero-order valence-electron chi connectivity index (χ0n) is 11.3. The second-order valence-electron chi connectivity index (χ2n) is 5.69. The van der Waals surface area contributed by atoms with E-state index in [0.717, 1.165) is 26.1 Å². The van der Waals surface area contributed by atoms with Crippen LogP contribution in [0.5, 0.6) is 0 Å². The number of amides is 1. The smallest absolute Gasteiger partial charge is 0.240 e. The number of hydrogen-bond acceptors (Lipinski definition) is 3. The summed E-state index contributed by atoms with van der Waals surface area (Å²) in [5.41, 5.74) is 0. The minimum atomic E-state index is 0.0598. The van der Waals surface area contributed by atoms with Crippen molar-refractivity contribution in [2.45, 2.75) is 51.2 Å². The van der Waals surface area contributed by atoms with Crippen molar-refractivity contribution in [3.8, 4) is 0 Å². The molecule has 0 aromatic heterocycles. The van der Waals surface area contributed by atoms with Crippen LogP contribution in [0.1, 0.15) is 33.1 Å². The first-order valence-corrected chi connectivity index (χ1v) is 6.83. The lowest BCUT2D eigenvalue weighted by atomic mass is 9.98. The Hall–Kier alpha value is -0.610. The minimum Gasteiger partial charge on any atom is -0.336 e. The molecule has 3 unspecified atom stereocenters. The molecule has 2 fully saturated rings. The van der Waals surface area contributed by atoms with Crippen LogP contribution in [-0.4, -0.2) is 60.5 Å². The molecule has 1 amide bonds. The molecule has 0 saturated carbocycles. The van der Waals surface area contributed by atoms with Gasteiger partial charge < -0.3 is 15.1 Å². The summed E-state index contributed by atoms with van der Waals surface area (Å²) in [6.07, 6.45) is 3.37. The highest BCUT2D eigenvalue weighted by molar-refractivity contribution is 5.82. The summed E-state index contributed by atoms with van der Waals surface area (Å²) < 4.78 is 0. The Morgan fingerprint density at radius 3 is 2.65 bits per heavy atom. The van der Waals surface area contributed by atoms with Crippen LogP contribution in [-0.2, 0) is 4.79 Å². The fourth-order valence-electron chi connectivity index (χ4n) is 3.00. The largest absolute Gasteiger partial charge is 0.336 e. The first-order valence-electron chi connectivity index (χ1n) is 6.83. The van der Waals surface area contributed by atoms with Gasteiger partial charge in [0.15, 0.2) is 0 Å². The van der Waals surface area contributed by atoms with E-state index in [1.54, 1.807) is 0 Å². The molecular weight excluding hydrogens is 214 g/mol. The van der Waals surface area contributed by atoms with Gasteiger partial charge in [-0.25, -0.2) is 0 Å². The van der Waals surface area contributed by atoms with Crippen molar-refractivity contribution < 1.29 is 4.79 Å². The lowest BCUT2D eigenvalue weighted by Crippen LogP contribution is -2.59. The maximum atomic E-state index is 12.5. The van der Waals surface area contributed by atoms with Gasteiger partial charge in [0.1, 0.15) is 0 Å². The molecule has 0 bridgehead atoms. The Kier molecular flexibility index (Phi) is 4.05. The van der Waals surface area contributed by atoms with Crippen LogP contribution in [0, 0.1) is 0 Å². The van der Waals surface area contributed by atoms with Crippen molar-refractivity contribution in [2.24, 2.45) is 0 Å². The molecule has 17 heavy (non-hydrogen) atoms. The lowest BCUT2D eigenvalue weighted by molar-refractivity contribution is -0.138. The van der Waals surface area contributed by atoms with Gasteiger partial charge in [-0.1, -0.05) is 0 Å². The number of rotatable bonds is 1. The molecule has 2 rings (SSSR count). The van der Waals surface area contributed by atoms with Crippen LogP contribution in [0.25, 0.3) is 0 Å². The first kappa shape index (κ1) is 12.8. The summed E-state index contributed by atoms with van der Waals surface area (Å²) in [7, 11) is 2.12. The van der Waals surface area contributed by atoms with Gasteiger partial charge in [0.2, 0.25) is 5.91 Å². The third kappa shape index (κ3) is 2.99. The zero-order chi connectivity index (χ0) is 12.4. The van der Waals surface area contributed by atoms with E-state index < -0.39 is 0 Å². The third-order valence-electron chi connectivity index (χ3n) is 4.03. The normalized spacial score (nSPS) is 35.9. The Morgan fingerprint density at radius 2 is 2.00 bits per heavy atom. The molecule has 3 atom stereocenters. The van der Waals surface area contributed by atoms with Crippen molar-refractivity contribution in [1.29, 1.82) is 0 Å². The number of likely N-dealkylation sites (N-methyl/N-ethyl adjacent to an activating group) is 1. The quantitative estimate of drug-likeness (QED) is 0.731. The fourth-order valence-corrected chi connectivity index (χ4v) is 3.00. The molecule has 2 heterocycles. The summed E-state index contributed by atoms with van der Waals surface area (Å²) in [4.78, 5) is 16.8. The highest BCUT2D eigenvalue weighted by atomic mass is 16.2. The van der Waals surface area contributed by atoms with Crippen LogP contribution in [0.15, 0.2) is 0 Å². The van der Waals surface area contributed by atoms with E-state index in [2.05, 4.69) is 36.0 Å². The van der Waals surface area contributed by atoms with E-state index in [0.29, 0.717) is 18.0 Å². The van der Waals surface area contributed by atoms with Crippen molar-refractivity contribution in [2.75, 3.05) is 26.7 Å². The van der Waals surface area contributed by atoms with E-state index in [1.165, 1.54) is 12.8 Å². The molecule has 2 aliphatic rings. The Morgan fingerprint density at radius 1 is 1.24 bits per heavy atom. The number of hydrogen-bond donors (Lipinski definition) is 1. The molecule has 4 heteroatoms. The number of piperazine rings is 1. The number of nitrogens with zero attached hydrogens (tertiary/aromatic N) is 2. The lowest BCUT2D eigenvalue weighted by Gasteiger charge is -2.41. The number of carbonyl (C=O) groups is 1. The summed E-state index contributed by atoms with van der Waals surface area (Å²) in [5.74, 6) is 0.317. The molecule has 2 saturated heterocycles. The predicted molar refractivity (Wildman–Crippen MR) is 68.9 cm³/mol. The van der Waals surface area contributed by atoms with Crippen molar-refractivity contribution in [3.63, 3.8) is 0 Å². The highest BCUT2D eigenvalue weighted by Crippen LogP contribution is 2.17. The van der Waals surface area contributed by atoms with Crippen LogP contribution in [0.4, 0.5) is 0 Å². The summed E-state index contributed by atoms with van der Waals surface area (Å²) >= 11 is 0. The maximum Gasteiger partial charge on any atom is 0.240 e. The number of carbonyl (C=O) groups excluding carboxylic acids is 1. The van der Waals surface area contributed by atoms with Crippen LogP contribution >= 0.6 is 0 Å². The standard InChI is InChI=1S/C13H25N3O/c1-10-5-4-6-12(14-10)13(17)16-8-7-15(3)9-11(16)2/h10-12,14H,4-9H2,1-3H3. The minimum absolute atomic E-state index is 0.0598.